The average Bonchev–Trinajstić information content (AvgIpc) is 2.15. The van der Waals surface area contributed by atoms with Gasteiger partial charge in [0.05, 0.1) is 11.0 Å². The lowest BCUT2D eigenvalue weighted by atomic mass is 10.2. The van der Waals surface area contributed by atoms with Gasteiger partial charge in [0.2, 0.25) is 0 Å². The maximum Gasteiger partial charge on any atom is 0.387 e. The molecule has 0 aliphatic rings. The third-order valence-corrected chi connectivity index (χ3v) is 1.62. The van der Waals surface area contributed by atoms with E-state index in [1.807, 2.05) is 0 Å². The molecule has 0 spiro atoms. The minimum absolute atomic E-state index is 0.527. The number of nitro benzene ring substituents is 1. The zero-order chi connectivity index (χ0) is 12.3. The van der Waals surface area contributed by atoms with Gasteiger partial charge in [0.1, 0.15) is 11.3 Å². The number of alkyl halides is 2. The predicted molar refractivity (Wildman–Crippen MR) is 46.7 cm³/mol. The van der Waals surface area contributed by atoms with Crippen molar-refractivity contribution in [2.75, 3.05) is 0 Å². The number of ether oxygens (including phenoxy) is 1. The number of halogens is 2. The van der Waals surface area contributed by atoms with Gasteiger partial charge in [-0.3, -0.25) is 10.1 Å². The first-order valence-corrected chi connectivity index (χ1v) is 3.88. The van der Waals surface area contributed by atoms with Crippen LogP contribution in [0.4, 0.5) is 14.5 Å². The molecule has 0 unspecified atom stereocenters. The molecule has 0 radical (unpaired) electrons. The molecule has 0 aliphatic carbocycles. The van der Waals surface area contributed by atoms with Crippen LogP contribution in [0.2, 0.25) is 0 Å². The lowest BCUT2D eigenvalue weighted by Gasteiger charge is -2.06. The monoisotopic (exact) mass is 233 g/mol. The second kappa shape index (κ2) is 4.51. The van der Waals surface area contributed by atoms with E-state index < -0.39 is 34.5 Å². The van der Waals surface area contributed by atoms with Gasteiger partial charge in [-0.2, -0.15) is 8.78 Å². The number of non-ortho nitro benzene ring substituents is 1. The molecule has 86 valence electrons. The summed E-state index contributed by atoms with van der Waals surface area (Å²) in [5.74, 6) is -2.25. The van der Waals surface area contributed by atoms with Crippen molar-refractivity contribution < 1.29 is 28.3 Å². The molecule has 0 saturated carbocycles. The summed E-state index contributed by atoms with van der Waals surface area (Å²) in [7, 11) is 0. The van der Waals surface area contributed by atoms with Crippen LogP contribution in [0.15, 0.2) is 18.2 Å². The average molecular weight is 233 g/mol. The van der Waals surface area contributed by atoms with Crippen LogP contribution in [0, 0.1) is 10.1 Å². The number of carboxylic acid groups (broad SMARTS) is 1. The van der Waals surface area contributed by atoms with Crippen molar-refractivity contribution in [2.24, 2.45) is 0 Å². The second-order valence-corrected chi connectivity index (χ2v) is 2.62. The van der Waals surface area contributed by atoms with Crippen molar-refractivity contribution in [3.05, 3.63) is 33.9 Å². The van der Waals surface area contributed by atoms with Gasteiger partial charge in [-0.15, -0.1) is 0 Å². The predicted octanol–water partition coefficient (Wildman–Crippen LogP) is 1.89. The maximum absolute atomic E-state index is 11.9. The van der Waals surface area contributed by atoms with E-state index in [-0.39, 0.29) is 0 Å². The van der Waals surface area contributed by atoms with Gasteiger partial charge in [-0.25, -0.2) is 4.79 Å². The topological polar surface area (TPSA) is 89.7 Å². The Balaban J connectivity index is 3.21. The van der Waals surface area contributed by atoms with E-state index in [1.54, 1.807) is 0 Å². The molecule has 8 heteroatoms. The van der Waals surface area contributed by atoms with Crippen LogP contribution < -0.4 is 4.74 Å². The van der Waals surface area contributed by atoms with Crippen LogP contribution in [-0.2, 0) is 0 Å². The second-order valence-electron chi connectivity index (χ2n) is 2.62. The highest BCUT2D eigenvalue weighted by molar-refractivity contribution is 5.91. The van der Waals surface area contributed by atoms with Crippen LogP contribution in [0.25, 0.3) is 0 Å². The SMILES string of the molecule is O=C(O)c1ccc([N+](=O)[O-])cc1OC(F)F. The lowest BCUT2D eigenvalue weighted by Crippen LogP contribution is -2.08. The highest BCUT2D eigenvalue weighted by atomic mass is 19.3. The largest absolute Gasteiger partial charge is 0.478 e. The first kappa shape index (κ1) is 11.8. The first-order valence-electron chi connectivity index (χ1n) is 3.88. The van der Waals surface area contributed by atoms with Crippen molar-refractivity contribution in [2.45, 2.75) is 6.61 Å². The van der Waals surface area contributed by atoms with Crippen LogP contribution in [0.3, 0.4) is 0 Å². The minimum Gasteiger partial charge on any atom is -0.478 e. The standard InChI is InChI=1S/C8H5F2NO5/c9-8(10)16-6-3-4(11(14)15)1-2-5(6)7(12)13/h1-3,8H,(H,12,13). The van der Waals surface area contributed by atoms with Crippen molar-refractivity contribution >= 4 is 11.7 Å². The van der Waals surface area contributed by atoms with Crippen LogP contribution in [0.5, 0.6) is 5.75 Å². The molecule has 1 rings (SSSR count). The Bertz CT molecular complexity index is 434. The molecule has 0 atom stereocenters. The summed E-state index contributed by atoms with van der Waals surface area (Å²) in [6.07, 6.45) is 0. The van der Waals surface area contributed by atoms with Crippen molar-refractivity contribution in [3.63, 3.8) is 0 Å². The number of carbonyl (C=O) groups is 1. The van der Waals surface area contributed by atoms with Crippen LogP contribution >= 0.6 is 0 Å². The number of benzene rings is 1. The van der Waals surface area contributed by atoms with E-state index in [2.05, 4.69) is 4.74 Å². The lowest BCUT2D eigenvalue weighted by molar-refractivity contribution is -0.385. The van der Waals surface area contributed by atoms with Gasteiger partial charge in [0.15, 0.2) is 0 Å². The molecule has 0 aliphatic heterocycles. The zero-order valence-electron chi connectivity index (χ0n) is 7.59. The number of nitro groups is 1. The molecule has 0 saturated heterocycles. The summed E-state index contributed by atoms with van der Waals surface area (Å²) in [5, 5.41) is 18.9. The molecule has 1 aromatic carbocycles. The third-order valence-electron chi connectivity index (χ3n) is 1.62. The number of hydrogen-bond donors (Lipinski definition) is 1. The Morgan fingerprint density at radius 3 is 2.56 bits per heavy atom. The van der Waals surface area contributed by atoms with Crippen LogP contribution in [0.1, 0.15) is 10.4 Å². The van der Waals surface area contributed by atoms with E-state index in [1.165, 1.54) is 0 Å². The van der Waals surface area contributed by atoms with Gasteiger partial charge in [-0.1, -0.05) is 0 Å². The highest BCUT2D eigenvalue weighted by Gasteiger charge is 2.19. The molecule has 0 amide bonds. The van der Waals surface area contributed by atoms with Crippen molar-refractivity contribution in [3.8, 4) is 5.75 Å². The van der Waals surface area contributed by atoms with Gasteiger partial charge < -0.3 is 9.84 Å². The highest BCUT2D eigenvalue weighted by Crippen LogP contribution is 2.26. The van der Waals surface area contributed by atoms with Crippen molar-refractivity contribution in [1.82, 2.24) is 0 Å². The third kappa shape index (κ3) is 2.62. The fourth-order valence-electron chi connectivity index (χ4n) is 0.995. The molecule has 1 N–H and O–H groups in total. The normalized spacial score (nSPS) is 10.2. The van der Waals surface area contributed by atoms with E-state index in [4.69, 9.17) is 5.11 Å². The first-order chi connectivity index (χ1) is 7.41. The summed E-state index contributed by atoms with van der Waals surface area (Å²) in [4.78, 5) is 20.1. The zero-order valence-corrected chi connectivity index (χ0v) is 7.59. The molecular weight excluding hydrogens is 228 g/mol. The van der Waals surface area contributed by atoms with Gasteiger partial charge in [0, 0.05) is 6.07 Å². The summed E-state index contributed by atoms with van der Waals surface area (Å²) in [6.45, 7) is -3.25. The van der Waals surface area contributed by atoms with Crippen LogP contribution in [-0.4, -0.2) is 22.6 Å². The van der Waals surface area contributed by atoms with Crippen molar-refractivity contribution in [1.29, 1.82) is 0 Å². The Labute approximate surface area is 87.2 Å². The van der Waals surface area contributed by atoms with E-state index in [0.29, 0.717) is 6.07 Å². The summed E-state index contributed by atoms with van der Waals surface area (Å²) in [6, 6.07) is 2.36. The summed E-state index contributed by atoms with van der Waals surface area (Å²) < 4.78 is 27.7. The fraction of sp³-hybridized carbons (Fsp3) is 0.125. The number of nitrogens with zero attached hydrogens (tertiary/aromatic N) is 1. The van der Waals surface area contributed by atoms with E-state index >= 15 is 0 Å². The maximum atomic E-state index is 11.9. The quantitative estimate of drug-likeness (QED) is 0.633. The van der Waals surface area contributed by atoms with Gasteiger partial charge in [0.25, 0.3) is 5.69 Å². The molecule has 0 heterocycles. The molecule has 0 fully saturated rings. The molecular formula is C8H5F2NO5. The Kier molecular flexibility index (Phi) is 3.33. The van der Waals surface area contributed by atoms with Gasteiger partial charge in [-0.05, 0) is 6.07 Å². The summed E-state index contributed by atoms with van der Waals surface area (Å²) >= 11 is 0. The number of carboxylic acids is 1. The number of rotatable bonds is 4. The molecule has 6 nitrogen and oxygen atoms in total. The smallest absolute Gasteiger partial charge is 0.387 e. The van der Waals surface area contributed by atoms with Gasteiger partial charge >= 0.3 is 12.6 Å². The molecule has 0 aromatic heterocycles. The number of hydrogen-bond acceptors (Lipinski definition) is 4. The fourth-order valence-corrected chi connectivity index (χ4v) is 0.995. The minimum atomic E-state index is -3.25. The Morgan fingerprint density at radius 1 is 1.50 bits per heavy atom. The molecule has 0 bridgehead atoms. The molecule has 16 heavy (non-hydrogen) atoms. The Morgan fingerprint density at radius 2 is 2.12 bits per heavy atom. The number of aromatic carboxylic acids is 1. The van der Waals surface area contributed by atoms with E-state index in [0.717, 1.165) is 12.1 Å². The Hall–Kier alpha value is -2.25. The summed E-state index contributed by atoms with van der Waals surface area (Å²) in [5.41, 5.74) is -1.09. The molecule has 1 aromatic rings. The van der Waals surface area contributed by atoms with E-state index in [9.17, 15) is 23.7 Å².